The normalized spacial score (nSPS) is 9.60. The van der Waals surface area contributed by atoms with Crippen LogP contribution in [0.4, 0.5) is 0 Å². The van der Waals surface area contributed by atoms with Crippen LogP contribution in [-0.2, 0) is 0 Å². The number of hydrogen-bond acceptors (Lipinski definition) is 2. The van der Waals surface area contributed by atoms with Gasteiger partial charge in [0.25, 0.3) is 0 Å². The van der Waals surface area contributed by atoms with Crippen molar-refractivity contribution in [2.75, 3.05) is 0 Å². The first-order chi connectivity index (χ1) is 2.27. The van der Waals surface area contributed by atoms with Gasteiger partial charge >= 0.3 is 0 Å². The summed E-state index contributed by atoms with van der Waals surface area (Å²) in [5, 5.41) is 0. The Labute approximate surface area is 43.8 Å². The molecule has 0 aromatic heterocycles. The van der Waals surface area contributed by atoms with E-state index in [4.69, 9.17) is 0 Å². The van der Waals surface area contributed by atoms with Gasteiger partial charge < -0.3 is 0 Å². The van der Waals surface area contributed by atoms with Crippen LogP contribution < -0.4 is 0 Å². The van der Waals surface area contributed by atoms with Gasteiger partial charge in [0.05, 0.1) is 4.58 Å². The van der Waals surface area contributed by atoms with Crippen molar-refractivity contribution >= 4 is 25.3 Å². The van der Waals surface area contributed by atoms with Gasteiger partial charge in [-0.3, -0.25) is 0 Å². The molecule has 0 bridgehead atoms. The molecule has 0 N–H and O–H groups in total. The Bertz CT molecular complexity index is 18.9. The summed E-state index contributed by atoms with van der Waals surface area (Å²) in [5.41, 5.74) is 0. The van der Waals surface area contributed by atoms with Crippen LogP contribution in [0.2, 0.25) is 0 Å². The van der Waals surface area contributed by atoms with E-state index >= 15 is 0 Å². The molecule has 5 heavy (non-hydrogen) atoms. The Kier molecular flexibility index (Phi) is 3.32. The molecule has 0 nitrogen and oxygen atoms in total. The topological polar surface area (TPSA) is 0 Å². The molecule has 0 aromatic rings. The molecule has 0 atom stereocenters. The maximum atomic E-state index is 3.88. The molecule has 0 aliphatic heterocycles. The molecule has 1 radical (unpaired) electrons. The molecule has 0 saturated carbocycles. The molecule has 0 aliphatic carbocycles. The van der Waals surface area contributed by atoms with Crippen LogP contribution in [0.3, 0.4) is 0 Å². The SMILES string of the molecule is CC[C](S)S. The quantitative estimate of drug-likeness (QED) is 0.469. The van der Waals surface area contributed by atoms with Gasteiger partial charge in [0.2, 0.25) is 0 Å². The fourth-order valence-corrected chi connectivity index (χ4v) is 0. The second-order valence-corrected chi connectivity index (χ2v) is 2.20. The molecule has 0 aromatic carbocycles. The smallest absolute Gasteiger partial charge is 0.0781 e. The number of thiol groups is 2. The van der Waals surface area contributed by atoms with E-state index in [1.165, 1.54) is 0 Å². The van der Waals surface area contributed by atoms with Gasteiger partial charge in [0.15, 0.2) is 0 Å². The monoisotopic (exact) mass is 107 g/mol. The van der Waals surface area contributed by atoms with Crippen LogP contribution in [-0.4, -0.2) is 0 Å². The molecule has 0 spiro atoms. The van der Waals surface area contributed by atoms with Crippen molar-refractivity contribution in [2.24, 2.45) is 0 Å². The fraction of sp³-hybridized carbons (Fsp3) is 0.667. The molecule has 0 saturated heterocycles. The predicted molar refractivity (Wildman–Crippen MR) is 31.5 cm³/mol. The summed E-state index contributed by atoms with van der Waals surface area (Å²) < 4.78 is 0.894. The first-order valence-electron chi connectivity index (χ1n) is 1.51. The Morgan fingerprint density at radius 3 is 1.80 bits per heavy atom. The molecule has 31 valence electrons. The van der Waals surface area contributed by atoms with Crippen LogP contribution in [0.25, 0.3) is 0 Å². The van der Waals surface area contributed by atoms with Crippen molar-refractivity contribution in [3.63, 3.8) is 0 Å². The average molecular weight is 107 g/mol. The van der Waals surface area contributed by atoms with Gasteiger partial charge in [-0.15, -0.1) is 0 Å². The van der Waals surface area contributed by atoms with Gasteiger partial charge in [-0.2, -0.15) is 25.3 Å². The van der Waals surface area contributed by atoms with Crippen molar-refractivity contribution in [3.05, 3.63) is 4.58 Å². The van der Waals surface area contributed by atoms with E-state index in [9.17, 15) is 0 Å². The van der Waals surface area contributed by atoms with Gasteiger partial charge in [0.1, 0.15) is 0 Å². The highest BCUT2D eigenvalue weighted by molar-refractivity contribution is 8.03. The van der Waals surface area contributed by atoms with Crippen LogP contribution in [0, 0.1) is 4.58 Å². The maximum Gasteiger partial charge on any atom is 0.0781 e. The summed E-state index contributed by atoms with van der Waals surface area (Å²) in [6.45, 7) is 2.01. The zero-order valence-electron chi connectivity index (χ0n) is 3.10. The summed E-state index contributed by atoms with van der Waals surface area (Å²) in [6, 6.07) is 0. The molecule has 0 rings (SSSR count). The van der Waals surface area contributed by atoms with Gasteiger partial charge in [-0.05, 0) is 6.42 Å². The lowest BCUT2D eigenvalue weighted by molar-refractivity contribution is 1.18. The standard InChI is InChI=1S/C3H7S2/c1-2-3(4)5/h4-5H,2H2,1H3. The van der Waals surface area contributed by atoms with Crippen LogP contribution in [0.1, 0.15) is 13.3 Å². The summed E-state index contributed by atoms with van der Waals surface area (Å²) >= 11 is 7.76. The van der Waals surface area contributed by atoms with E-state index in [-0.39, 0.29) is 0 Å². The average Bonchev–Trinajstić information content (AvgIpc) is 1.38. The molecular weight excluding hydrogens is 100 g/mol. The lowest BCUT2D eigenvalue weighted by Gasteiger charge is -1.87. The third-order valence-corrected chi connectivity index (χ3v) is 0.949. The summed E-state index contributed by atoms with van der Waals surface area (Å²) in [6.07, 6.45) is 0.951. The third-order valence-electron chi connectivity index (χ3n) is 0.316. The zero-order chi connectivity index (χ0) is 4.28. The Morgan fingerprint density at radius 1 is 1.60 bits per heavy atom. The highest BCUT2D eigenvalue weighted by atomic mass is 32.2. The predicted octanol–water partition coefficient (Wildman–Crippen LogP) is 1.75. The largest absolute Gasteiger partial charge is 0.159 e. The molecule has 0 heterocycles. The van der Waals surface area contributed by atoms with Crippen molar-refractivity contribution in [1.29, 1.82) is 0 Å². The second-order valence-electron chi connectivity index (χ2n) is 0.770. The number of rotatable bonds is 1. The Balaban J connectivity index is 2.54. The fourth-order valence-electron chi connectivity index (χ4n) is 0. The van der Waals surface area contributed by atoms with E-state index in [0.717, 1.165) is 11.0 Å². The van der Waals surface area contributed by atoms with E-state index in [1.54, 1.807) is 0 Å². The van der Waals surface area contributed by atoms with E-state index < -0.39 is 0 Å². The van der Waals surface area contributed by atoms with Crippen LogP contribution >= 0.6 is 25.3 Å². The molecule has 0 amide bonds. The minimum atomic E-state index is 0.894. The number of hydrogen-bond donors (Lipinski definition) is 2. The Morgan fingerprint density at radius 2 is 1.80 bits per heavy atom. The third kappa shape index (κ3) is 4.70. The van der Waals surface area contributed by atoms with Crippen molar-refractivity contribution in [1.82, 2.24) is 0 Å². The van der Waals surface area contributed by atoms with E-state index in [2.05, 4.69) is 25.3 Å². The highest BCUT2D eigenvalue weighted by Crippen LogP contribution is 2.12. The zero-order valence-corrected chi connectivity index (χ0v) is 4.89. The summed E-state index contributed by atoms with van der Waals surface area (Å²) in [4.78, 5) is 0. The molecule has 0 aliphatic rings. The van der Waals surface area contributed by atoms with Gasteiger partial charge in [0, 0.05) is 0 Å². The van der Waals surface area contributed by atoms with E-state index in [0.29, 0.717) is 0 Å². The summed E-state index contributed by atoms with van der Waals surface area (Å²) in [5.74, 6) is 0. The highest BCUT2D eigenvalue weighted by Gasteiger charge is 1.83. The lowest BCUT2D eigenvalue weighted by atomic mass is 10.6. The van der Waals surface area contributed by atoms with Crippen molar-refractivity contribution in [2.45, 2.75) is 13.3 Å². The summed E-state index contributed by atoms with van der Waals surface area (Å²) in [7, 11) is 0. The second kappa shape index (κ2) is 2.91. The van der Waals surface area contributed by atoms with Crippen molar-refractivity contribution in [3.8, 4) is 0 Å². The molecular formula is C3H7S2. The van der Waals surface area contributed by atoms with Gasteiger partial charge in [-0.25, -0.2) is 0 Å². The Hall–Kier alpha value is 0.700. The van der Waals surface area contributed by atoms with Gasteiger partial charge in [-0.1, -0.05) is 6.92 Å². The maximum absolute atomic E-state index is 3.88. The molecule has 2 heteroatoms. The first kappa shape index (κ1) is 5.70. The minimum Gasteiger partial charge on any atom is -0.159 e. The minimum absolute atomic E-state index is 0.894. The molecule has 0 fully saturated rings. The van der Waals surface area contributed by atoms with Crippen LogP contribution in [0.5, 0.6) is 0 Å². The van der Waals surface area contributed by atoms with E-state index in [1.807, 2.05) is 6.92 Å². The first-order valence-corrected chi connectivity index (χ1v) is 2.40. The van der Waals surface area contributed by atoms with Crippen molar-refractivity contribution < 1.29 is 0 Å². The van der Waals surface area contributed by atoms with Crippen LogP contribution in [0.15, 0.2) is 0 Å². The molecule has 0 unspecified atom stereocenters. The lowest BCUT2D eigenvalue weighted by Crippen LogP contribution is -1.63.